The number of hydrogen-bond donors (Lipinski definition) is 3. The number of carbonyl (C=O) groups excluding carboxylic acids is 2. The summed E-state index contributed by atoms with van der Waals surface area (Å²) in [4.78, 5) is 23.9. The van der Waals surface area contributed by atoms with Crippen molar-refractivity contribution in [2.45, 2.75) is 13.3 Å². The number of thiocarbonyl (C=S) groups is 1. The van der Waals surface area contributed by atoms with E-state index in [1.165, 1.54) is 0 Å². The minimum atomic E-state index is -0.336. The highest BCUT2D eigenvalue weighted by atomic mass is 79.9. The van der Waals surface area contributed by atoms with Crippen LogP contribution in [0.1, 0.15) is 34.1 Å². The monoisotopic (exact) mass is 449 g/mol. The number of carbonyl (C=O) groups is 2. The van der Waals surface area contributed by atoms with Crippen molar-refractivity contribution in [2.24, 2.45) is 0 Å². The summed E-state index contributed by atoms with van der Waals surface area (Å²) in [6, 6.07) is 11.8. The lowest BCUT2D eigenvalue weighted by molar-refractivity contribution is 0.0959. The summed E-state index contributed by atoms with van der Waals surface area (Å²) in [5.74, 6) is 0.178. The lowest BCUT2D eigenvalue weighted by Crippen LogP contribution is -2.34. The summed E-state index contributed by atoms with van der Waals surface area (Å²) in [5.41, 5.74) is 1.65. The quantitative estimate of drug-likeness (QED) is 0.585. The van der Waals surface area contributed by atoms with Crippen LogP contribution in [0.4, 0.5) is 5.69 Å². The molecule has 0 bridgehead atoms. The Balaban J connectivity index is 1.96. The van der Waals surface area contributed by atoms with Crippen LogP contribution in [0, 0.1) is 0 Å². The van der Waals surface area contributed by atoms with E-state index in [1.54, 1.807) is 49.5 Å². The van der Waals surface area contributed by atoms with Crippen molar-refractivity contribution < 1.29 is 14.3 Å². The first kappa shape index (κ1) is 20.9. The van der Waals surface area contributed by atoms with E-state index in [9.17, 15) is 9.59 Å². The van der Waals surface area contributed by atoms with Crippen molar-refractivity contribution in [2.75, 3.05) is 19.0 Å². The first-order valence-electron chi connectivity index (χ1n) is 8.31. The molecule has 0 aliphatic rings. The van der Waals surface area contributed by atoms with E-state index in [0.29, 0.717) is 33.6 Å². The van der Waals surface area contributed by atoms with Crippen LogP contribution in [-0.2, 0) is 0 Å². The normalized spacial score (nSPS) is 10.0. The van der Waals surface area contributed by atoms with Crippen molar-refractivity contribution in [1.82, 2.24) is 10.6 Å². The Bertz CT molecular complexity index is 841. The highest BCUT2D eigenvalue weighted by Gasteiger charge is 2.11. The Morgan fingerprint density at radius 2 is 1.74 bits per heavy atom. The average molecular weight is 450 g/mol. The van der Waals surface area contributed by atoms with Crippen LogP contribution in [0.5, 0.6) is 5.75 Å². The maximum atomic E-state index is 12.4. The van der Waals surface area contributed by atoms with Gasteiger partial charge >= 0.3 is 0 Å². The van der Waals surface area contributed by atoms with Crippen LogP contribution in [0.25, 0.3) is 0 Å². The zero-order valence-corrected chi connectivity index (χ0v) is 17.4. The molecule has 0 spiro atoms. The van der Waals surface area contributed by atoms with Crippen LogP contribution in [-0.4, -0.2) is 30.6 Å². The summed E-state index contributed by atoms with van der Waals surface area (Å²) in [6.07, 6.45) is 0.902. The van der Waals surface area contributed by atoms with E-state index < -0.39 is 0 Å². The molecule has 0 fully saturated rings. The van der Waals surface area contributed by atoms with Gasteiger partial charge in [-0.05, 0) is 77.0 Å². The zero-order valence-electron chi connectivity index (χ0n) is 15.0. The Labute approximate surface area is 171 Å². The summed E-state index contributed by atoms with van der Waals surface area (Å²) >= 11 is 8.58. The van der Waals surface area contributed by atoms with Crippen LogP contribution in [0.2, 0.25) is 0 Å². The molecular formula is C19H20BrN3O3S. The molecule has 2 amide bonds. The molecule has 0 saturated heterocycles. The maximum Gasteiger partial charge on any atom is 0.257 e. The van der Waals surface area contributed by atoms with Gasteiger partial charge in [0.2, 0.25) is 0 Å². The van der Waals surface area contributed by atoms with E-state index in [4.69, 9.17) is 17.0 Å². The van der Waals surface area contributed by atoms with Crippen LogP contribution < -0.4 is 20.7 Å². The van der Waals surface area contributed by atoms with Gasteiger partial charge in [0.15, 0.2) is 5.11 Å². The van der Waals surface area contributed by atoms with Gasteiger partial charge < -0.3 is 15.4 Å². The van der Waals surface area contributed by atoms with Crippen LogP contribution in [0.15, 0.2) is 46.9 Å². The third kappa shape index (κ3) is 6.04. The molecule has 0 aliphatic heterocycles. The van der Waals surface area contributed by atoms with Gasteiger partial charge in [0, 0.05) is 23.9 Å². The molecular weight excluding hydrogens is 430 g/mol. The summed E-state index contributed by atoms with van der Waals surface area (Å²) < 4.78 is 6.27. The van der Waals surface area contributed by atoms with Crippen molar-refractivity contribution in [1.29, 1.82) is 0 Å². The van der Waals surface area contributed by atoms with E-state index in [0.717, 1.165) is 6.42 Å². The molecule has 6 nitrogen and oxygen atoms in total. The average Bonchev–Trinajstić information content (AvgIpc) is 2.66. The van der Waals surface area contributed by atoms with E-state index in [-0.39, 0.29) is 16.9 Å². The Morgan fingerprint density at radius 3 is 2.33 bits per heavy atom. The summed E-state index contributed by atoms with van der Waals surface area (Å²) in [6.45, 7) is 2.63. The number of hydrogen-bond acceptors (Lipinski definition) is 4. The molecule has 142 valence electrons. The fourth-order valence-electron chi connectivity index (χ4n) is 2.16. The fourth-order valence-corrected chi connectivity index (χ4v) is 2.86. The molecule has 27 heavy (non-hydrogen) atoms. The van der Waals surface area contributed by atoms with E-state index in [2.05, 4.69) is 31.9 Å². The van der Waals surface area contributed by atoms with Gasteiger partial charge in [-0.2, -0.15) is 0 Å². The second kappa shape index (κ2) is 10.0. The molecule has 0 heterocycles. The smallest absolute Gasteiger partial charge is 0.257 e. The molecule has 0 aliphatic carbocycles. The summed E-state index contributed by atoms with van der Waals surface area (Å²) in [5, 5.41) is 8.25. The number of benzene rings is 2. The van der Waals surface area contributed by atoms with Gasteiger partial charge in [0.25, 0.3) is 11.8 Å². The van der Waals surface area contributed by atoms with Gasteiger partial charge in [-0.25, -0.2) is 0 Å². The Kier molecular flexibility index (Phi) is 7.75. The highest BCUT2D eigenvalue weighted by Crippen LogP contribution is 2.26. The van der Waals surface area contributed by atoms with Crippen LogP contribution in [0.3, 0.4) is 0 Å². The second-order valence-corrected chi connectivity index (χ2v) is 6.82. The largest absolute Gasteiger partial charge is 0.492 e. The number of amides is 2. The first-order valence-corrected chi connectivity index (χ1v) is 9.51. The highest BCUT2D eigenvalue weighted by molar-refractivity contribution is 9.10. The van der Waals surface area contributed by atoms with Gasteiger partial charge in [0.05, 0.1) is 11.1 Å². The SMILES string of the molecule is CCCOc1ccc(C(=O)NC(=S)Nc2ccc(C(=O)NC)cc2)cc1Br. The van der Waals surface area contributed by atoms with Crippen molar-refractivity contribution in [3.63, 3.8) is 0 Å². The topological polar surface area (TPSA) is 79.5 Å². The van der Waals surface area contributed by atoms with Gasteiger partial charge in [-0.15, -0.1) is 0 Å². The number of anilines is 1. The fraction of sp³-hybridized carbons (Fsp3) is 0.211. The van der Waals surface area contributed by atoms with Crippen molar-refractivity contribution >= 4 is 50.8 Å². The first-order chi connectivity index (χ1) is 12.9. The predicted molar refractivity (Wildman–Crippen MR) is 113 cm³/mol. The zero-order chi connectivity index (χ0) is 19.8. The maximum absolute atomic E-state index is 12.4. The molecule has 8 heteroatoms. The molecule has 3 N–H and O–H groups in total. The molecule has 0 saturated carbocycles. The minimum absolute atomic E-state index is 0.162. The number of rotatable bonds is 6. The lowest BCUT2D eigenvalue weighted by atomic mass is 10.2. The standard InChI is InChI=1S/C19H20BrN3O3S/c1-3-10-26-16-9-6-13(11-15(16)20)18(25)23-19(27)22-14-7-4-12(5-8-14)17(24)21-2/h4-9,11H,3,10H2,1-2H3,(H,21,24)(H2,22,23,25,27). The number of ether oxygens (including phenoxy) is 1. The van der Waals surface area contributed by atoms with Crippen molar-refractivity contribution in [3.05, 3.63) is 58.1 Å². The molecule has 2 aromatic carbocycles. The summed E-state index contributed by atoms with van der Waals surface area (Å²) in [7, 11) is 1.57. The lowest BCUT2D eigenvalue weighted by Gasteiger charge is -2.11. The van der Waals surface area contributed by atoms with Crippen molar-refractivity contribution in [3.8, 4) is 5.75 Å². The van der Waals surface area contributed by atoms with Gasteiger partial charge in [-0.1, -0.05) is 6.92 Å². The Morgan fingerprint density at radius 1 is 1.07 bits per heavy atom. The number of halogens is 1. The predicted octanol–water partition coefficient (Wildman–Crippen LogP) is 3.72. The van der Waals surface area contributed by atoms with E-state index >= 15 is 0 Å². The second-order valence-electron chi connectivity index (χ2n) is 5.56. The van der Waals surface area contributed by atoms with E-state index in [1.807, 2.05) is 6.92 Å². The van der Waals surface area contributed by atoms with Gasteiger partial charge in [0.1, 0.15) is 5.75 Å². The van der Waals surface area contributed by atoms with Gasteiger partial charge in [-0.3, -0.25) is 14.9 Å². The molecule has 2 rings (SSSR count). The molecule has 0 unspecified atom stereocenters. The minimum Gasteiger partial charge on any atom is -0.492 e. The molecule has 2 aromatic rings. The molecule has 0 aromatic heterocycles. The molecule has 0 atom stereocenters. The van der Waals surface area contributed by atoms with Crippen LogP contribution >= 0.6 is 28.1 Å². The third-order valence-corrected chi connectivity index (χ3v) is 4.34. The Hall–Kier alpha value is -2.45. The number of nitrogens with one attached hydrogen (secondary N) is 3. The molecule has 0 radical (unpaired) electrons. The third-order valence-electron chi connectivity index (χ3n) is 3.51.